The first-order chi connectivity index (χ1) is 7.09. The summed E-state index contributed by atoms with van der Waals surface area (Å²) in [6.45, 7) is 0. The molecule has 0 amide bonds. The van der Waals surface area contributed by atoms with Gasteiger partial charge < -0.3 is 0 Å². The molecule has 0 spiro atoms. The molecule has 0 atom stereocenters. The van der Waals surface area contributed by atoms with Crippen LogP contribution in [0.25, 0.3) is 10.7 Å². The Balaban J connectivity index is 2.60. The van der Waals surface area contributed by atoms with E-state index >= 15 is 0 Å². The second-order valence-corrected chi connectivity index (χ2v) is 4.72. The highest BCUT2D eigenvalue weighted by Gasteiger charge is 2.14. The predicted molar refractivity (Wildman–Crippen MR) is 63.2 cm³/mol. The molecule has 0 bridgehead atoms. The lowest BCUT2D eigenvalue weighted by molar-refractivity contribution is 1.18. The molecule has 2 aromatic heterocycles. The van der Waals surface area contributed by atoms with Gasteiger partial charge >= 0.3 is 0 Å². The second kappa shape index (κ2) is 4.39. The summed E-state index contributed by atoms with van der Waals surface area (Å²) in [7, 11) is 0. The van der Waals surface area contributed by atoms with Crippen molar-refractivity contribution in [1.82, 2.24) is 15.0 Å². The molecule has 2 heterocycles. The molecule has 0 aliphatic heterocycles. The van der Waals surface area contributed by atoms with Crippen LogP contribution < -0.4 is 0 Å². The van der Waals surface area contributed by atoms with Gasteiger partial charge in [0.15, 0.2) is 21.3 Å². The zero-order valence-corrected chi connectivity index (χ0v) is 10.7. The SMILES string of the molecule is Clc1ncsc1-c1nc(Cl)c(Cl)c(Cl)n1. The third-order valence-electron chi connectivity index (χ3n) is 1.50. The molecule has 0 aliphatic carbocycles. The van der Waals surface area contributed by atoms with Crippen LogP contribution in [0, 0.1) is 0 Å². The lowest BCUT2D eigenvalue weighted by Gasteiger charge is -2.01. The average molecular weight is 301 g/mol. The third kappa shape index (κ3) is 2.19. The molecule has 2 aromatic rings. The Labute approximate surface area is 109 Å². The number of hydrogen-bond donors (Lipinski definition) is 0. The molecule has 0 saturated heterocycles. The predicted octanol–water partition coefficient (Wildman–Crippen LogP) is 4.21. The standard InChI is InChI=1S/C7HCl4N3S/c8-2-4(9)13-7(14-5(2)10)3-6(11)12-1-15-3/h1H. The van der Waals surface area contributed by atoms with Crippen LogP contribution in [-0.2, 0) is 0 Å². The number of halogens is 4. The second-order valence-electron chi connectivity index (χ2n) is 2.42. The van der Waals surface area contributed by atoms with Gasteiger partial charge in [-0.05, 0) is 0 Å². The molecule has 78 valence electrons. The quantitative estimate of drug-likeness (QED) is 0.740. The van der Waals surface area contributed by atoms with E-state index in [0.717, 1.165) is 0 Å². The Morgan fingerprint density at radius 3 is 2.00 bits per heavy atom. The minimum atomic E-state index is 0.0936. The summed E-state index contributed by atoms with van der Waals surface area (Å²) < 4.78 is 0. The summed E-state index contributed by atoms with van der Waals surface area (Å²) in [4.78, 5) is 12.4. The summed E-state index contributed by atoms with van der Waals surface area (Å²) in [6.07, 6.45) is 0. The largest absolute Gasteiger partial charge is 0.232 e. The van der Waals surface area contributed by atoms with Crippen molar-refractivity contribution in [3.05, 3.63) is 26.0 Å². The maximum atomic E-state index is 5.82. The van der Waals surface area contributed by atoms with Crippen molar-refractivity contribution < 1.29 is 0 Å². The summed E-state index contributed by atoms with van der Waals surface area (Å²) in [6, 6.07) is 0. The van der Waals surface area contributed by atoms with E-state index in [9.17, 15) is 0 Å². The fourth-order valence-electron chi connectivity index (χ4n) is 0.873. The topological polar surface area (TPSA) is 38.7 Å². The van der Waals surface area contributed by atoms with Crippen LogP contribution in [0.15, 0.2) is 5.51 Å². The van der Waals surface area contributed by atoms with Crippen molar-refractivity contribution in [2.24, 2.45) is 0 Å². The third-order valence-corrected chi connectivity index (χ3v) is 3.82. The van der Waals surface area contributed by atoms with Crippen LogP contribution in [0.2, 0.25) is 20.5 Å². The maximum absolute atomic E-state index is 5.82. The van der Waals surface area contributed by atoms with Gasteiger partial charge in [0.2, 0.25) is 0 Å². The van der Waals surface area contributed by atoms with Gasteiger partial charge in [0.25, 0.3) is 0 Å². The Morgan fingerprint density at radius 2 is 1.53 bits per heavy atom. The molecule has 0 radical (unpaired) electrons. The molecule has 8 heteroatoms. The van der Waals surface area contributed by atoms with Crippen LogP contribution in [-0.4, -0.2) is 15.0 Å². The highest BCUT2D eigenvalue weighted by molar-refractivity contribution is 7.13. The van der Waals surface area contributed by atoms with Crippen LogP contribution >= 0.6 is 57.7 Å². The fraction of sp³-hybridized carbons (Fsp3) is 0. The molecule has 0 saturated carbocycles. The Kier molecular flexibility index (Phi) is 3.33. The number of hydrogen-bond acceptors (Lipinski definition) is 4. The Hall–Kier alpha value is -0.130. The smallest absolute Gasteiger partial charge is 0.175 e. The maximum Gasteiger partial charge on any atom is 0.175 e. The van der Waals surface area contributed by atoms with Crippen LogP contribution in [0.1, 0.15) is 0 Å². The van der Waals surface area contributed by atoms with E-state index < -0.39 is 0 Å². The Morgan fingerprint density at radius 1 is 0.933 bits per heavy atom. The fourth-order valence-corrected chi connectivity index (χ4v) is 2.28. The van der Waals surface area contributed by atoms with E-state index in [0.29, 0.717) is 15.9 Å². The average Bonchev–Trinajstić information content (AvgIpc) is 2.60. The molecule has 0 aromatic carbocycles. The van der Waals surface area contributed by atoms with Gasteiger partial charge in [-0.1, -0.05) is 46.4 Å². The molecular weight excluding hydrogens is 300 g/mol. The van der Waals surface area contributed by atoms with Gasteiger partial charge in [-0.2, -0.15) is 0 Å². The minimum absolute atomic E-state index is 0.0936. The molecule has 2 rings (SSSR count). The molecule has 0 fully saturated rings. The van der Waals surface area contributed by atoms with Gasteiger partial charge in [-0.15, -0.1) is 11.3 Å². The number of aromatic nitrogens is 3. The zero-order chi connectivity index (χ0) is 11.0. The van der Waals surface area contributed by atoms with Crippen molar-refractivity contribution >= 4 is 57.7 Å². The molecular formula is C7HCl4N3S. The lowest BCUT2D eigenvalue weighted by Crippen LogP contribution is -1.90. The lowest BCUT2D eigenvalue weighted by atomic mass is 10.5. The van der Waals surface area contributed by atoms with Crippen molar-refractivity contribution in [3.63, 3.8) is 0 Å². The van der Waals surface area contributed by atoms with E-state index in [1.54, 1.807) is 5.51 Å². The van der Waals surface area contributed by atoms with Crippen molar-refractivity contribution in [3.8, 4) is 10.7 Å². The van der Waals surface area contributed by atoms with E-state index in [1.807, 2.05) is 0 Å². The van der Waals surface area contributed by atoms with Gasteiger partial charge in [0, 0.05) is 0 Å². The van der Waals surface area contributed by atoms with E-state index in [2.05, 4.69) is 15.0 Å². The summed E-state index contributed by atoms with van der Waals surface area (Å²) in [5, 5.41) is 0.629. The Bertz CT molecular complexity index is 490. The van der Waals surface area contributed by atoms with Crippen LogP contribution in [0.5, 0.6) is 0 Å². The van der Waals surface area contributed by atoms with Crippen molar-refractivity contribution in [2.45, 2.75) is 0 Å². The monoisotopic (exact) mass is 299 g/mol. The number of nitrogens with zero attached hydrogens (tertiary/aromatic N) is 3. The van der Waals surface area contributed by atoms with E-state index in [-0.39, 0.29) is 15.3 Å². The van der Waals surface area contributed by atoms with Gasteiger partial charge in [-0.25, -0.2) is 15.0 Å². The molecule has 0 aliphatic rings. The van der Waals surface area contributed by atoms with Crippen LogP contribution in [0.3, 0.4) is 0 Å². The first-order valence-electron chi connectivity index (χ1n) is 3.57. The normalized spacial score (nSPS) is 10.7. The van der Waals surface area contributed by atoms with E-state index in [4.69, 9.17) is 46.4 Å². The van der Waals surface area contributed by atoms with Gasteiger partial charge in [0.1, 0.15) is 9.90 Å². The van der Waals surface area contributed by atoms with Crippen molar-refractivity contribution in [2.75, 3.05) is 0 Å². The van der Waals surface area contributed by atoms with Crippen LogP contribution in [0.4, 0.5) is 0 Å². The van der Waals surface area contributed by atoms with E-state index in [1.165, 1.54) is 11.3 Å². The van der Waals surface area contributed by atoms with Gasteiger partial charge in [0.05, 0.1) is 5.51 Å². The first kappa shape index (κ1) is 11.4. The number of thiazole rings is 1. The summed E-state index contributed by atoms with van der Waals surface area (Å²) in [5.41, 5.74) is 1.58. The minimum Gasteiger partial charge on any atom is -0.232 e. The summed E-state index contributed by atoms with van der Waals surface area (Å²) >= 11 is 24.4. The molecule has 0 unspecified atom stereocenters. The highest BCUT2D eigenvalue weighted by atomic mass is 35.5. The van der Waals surface area contributed by atoms with Crippen molar-refractivity contribution in [1.29, 1.82) is 0 Å². The zero-order valence-electron chi connectivity index (χ0n) is 6.84. The van der Waals surface area contributed by atoms with Gasteiger partial charge in [-0.3, -0.25) is 0 Å². The molecule has 3 nitrogen and oxygen atoms in total. The first-order valence-corrected chi connectivity index (χ1v) is 5.96. The highest BCUT2D eigenvalue weighted by Crippen LogP contribution is 2.33. The number of rotatable bonds is 1. The molecule has 15 heavy (non-hydrogen) atoms. The molecule has 0 N–H and O–H groups in total. The summed E-state index contributed by atoms with van der Waals surface area (Å²) in [5.74, 6) is 0.321.